The zero-order valence-electron chi connectivity index (χ0n) is 17.8. The summed E-state index contributed by atoms with van der Waals surface area (Å²) in [6, 6.07) is 0. The Morgan fingerprint density at radius 2 is 0.962 bits per heavy atom. The molecule has 0 unspecified atom stereocenters. The predicted octanol–water partition coefficient (Wildman–Crippen LogP) is 9.49. The van der Waals surface area contributed by atoms with Crippen molar-refractivity contribution < 1.29 is 9.09 Å². The lowest BCUT2D eigenvalue weighted by molar-refractivity contribution is 0.321. The van der Waals surface area contributed by atoms with Gasteiger partial charge in [0.1, 0.15) is 0 Å². The Balaban J connectivity index is 4.04. The molecule has 0 aromatic heterocycles. The van der Waals surface area contributed by atoms with Crippen molar-refractivity contribution in [2.45, 2.75) is 117 Å². The van der Waals surface area contributed by atoms with Crippen molar-refractivity contribution in [3.05, 3.63) is 0 Å². The molecule has 0 heterocycles. The Morgan fingerprint density at radius 1 is 0.577 bits per heavy atom. The monoisotopic (exact) mass is 424 g/mol. The minimum Gasteiger partial charge on any atom is -0.314 e. The first kappa shape index (κ1) is 26.9. The van der Waals surface area contributed by atoms with E-state index in [9.17, 15) is 4.57 Å². The van der Waals surface area contributed by atoms with Crippen LogP contribution in [0.15, 0.2) is 0 Å². The fourth-order valence-electron chi connectivity index (χ4n) is 2.76. The molecule has 0 amide bonds. The van der Waals surface area contributed by atoms with E-state index in [1.807, 2.05) is 0 Å². The molecule has 0 aliphatic carbocycles. The first-order valence-electron chi connectivity index (χ1n) is 11.2. The molecule has 0 bridgehead atoms. The molecular formula is C21H45O2PS2. The van der Waals surface area contributed by atoms with Crippen LogP contribution in [0.2, 0.25) is 0 Å². The zero-order chi connectivity index (χ0) is 19.3. The number of hydrogen-bond donors (Lipinski definition) is 0. The number of rotatable bonds is 21. The van der Waals surface area contributed by atoms with Crippen LogP contribution in [0.5, 0.6) is 0 Å². The van der Waals surface area contributed by atoms with Crippen LogP contribution in [0.4, 0.5) is 0 Å². The number of unbranched alkanes of at least 4 members (excludes halogenated alkanes) is 12. The summed E-state index contributed by atoms with van der Waals surface area (Å²) in [6.07, 6.45) is 18.8. The minimum absolute atomic E-state index is 0.673. The van der Waals surface area contributed by atoms with Crippen LogP contribution in [-0.2, 0) is 9.09 Å². The molecule has 0 saturated carbocycles. The van der Waals surface area contributed by atoms with E-state index in [2.05, 4.69) is 20.8 Å². The smallest absolute Gasteiger partial charge is 0.313 e. The minimum atomic E-state index is -2.55. The standard InChI is InChI=1S/C21H45O2PS2/c1-4-7-10-13-16-19-23-24(22,25-20-17-14-11-8-5-2)26-21-18-15-12-9-6-3/h4-21H2,1-3H3. The first-order chi connectivity index (χ1) is 12.7. The summed E-state index contributed by atoms with van der Waals surface area (Å²) in [4.78, 5) is 0. The third kappa shape index (κ3) is 18.3. The van der Waals surface area contributed by atoms with E-state index in [1.165, 1.54) is 89.9 Å². The number of hydrogen-bond acceptors (Lipinski definition) is 4. The van der Waals surface area contributed by atoms with Crippen LogP contribution < -0.4 is 0 Å². The second kappa shape index (κ2) is 20.6. The van der Waals surface area contributed by atoms with E-state index in [4.69, 9.17) is 4.52 Å². The van der Waals surface area contributed by atoms with E-state index in [-0.39, 0.29) is 0 Å². The van der Waals surface area contributed by atoms with Crippen molar-refractivity contribution >= 4 is 28.5 Å². The maximum absolute atomic E-state index is 13.2. The van der Waals surface area contributed by atoms with Gasteiger partial charge in [0.05, 0.1) is 6.61 Å². The summed E-state index contributed by atoms with van der Waals surface area (Å²) < 4.78 is 19.1. The highest BCUT2D eigenvalue weighted by atomic mass is 33.1. The maximum Gasteiger partial charge on any atom is 0.313 e. The van der Waals surface area contributed by atoms with Gasteiger partial charge in [-0.1, -0.05) is 121 Å². The summed E-state index contributed by atoms with van der Waals surface area (Å²) in [5.41, 5.74) is 0. The predicted molar refractivity (Wildman–Crippen MR) is 125 cm³/mol. The van der Waals surface area contributed by atoms with Gasteiger partial charge in [0.15, 0.2) is 0 Å². The Kier molecular flexibility index (Phi) is 21.3. The highest BCUT2D eigenvalue weighted by Gasteiger charge is 2.24. The molecule has 158 valence electrons. The van der Waals surface area contributed by atoms with Gasteiger partial charge in [-0.2, -0.15) is 0 Å². The molecular weight excluding hydrogens is 379 g/mol. The van der Waals surface area contributed by atoms with Gasteiger partial charge in [-0.15, -0.1) is 0 Å². The molecule has 0 rings (SSSR count). The highest BCUT2D eigenvalue weighted by Crippen LogP contribution is 2.70. The SMILES string of the molecule is CCCCCCCOP(=O)(SCCCCCCC)SCCCCCCC. The summed E-state index contributed by atoms with van der Waals surface area (Å²) in [5.74, 6) is -0.581. The van der Waals surface area contributed by atoms with E-state index in [0.717, 1.165) is 17.9 Å². The lowest BCUT2D eigenvalue weighted by Crippen LogP contribution is -1.92. The molecule has 0 fully saturated rings. The Labute approximate surface area is 172 Å². The molecule has 0 radical (unpaired) electrons. The summed E-state index contributed by atoms with van der Waals surface area (Å²) in [6.45, 7) is 7.40. The van der Waals surface area contributed by atoms with Crippen LogP contribution >= 0.6 is 28.5 Å². The summed E-state index contributed by atoms with van der Waals surface area (Å²) in [5, 5.41) is 0. The molecule has 0 N–H and O–H groups in total. The van der Waals surface area contributed by atoms with Gasteiger partial charge in [0, 0.05) is 11.5 Å². The Hall–Kier alpha value is 0.890. The second-order valence-corrected chi connectivity index (χ2v) is 14.8. The van der Waals surface area contributed by atoms with E-state index in [1.54, 1.807) is 22.8 Å². The topological polar surface area (TPSA) is 26.3 Å². The molecule has 0 aliphatic rings. The van der Waals surface area contributed by atoms with Gasteiger partial charge in [-0.05, 0) is 19.3 Å². The fraction of sp³-hybridized carbons (Fsp3) is 1.00. The Morgan fingerprint density at radius 3 is 1.38 bits per heavy atom. The third-order valence-corrected chi connectivity index (χ3v) is 12.1. The lowest BCUT2D eigenvalue weighted by Gasteiger charge is -2.17. The van der Waals surface area contributed by atoms with E-state index in [0.29, 0.717) is 6.61 Å². The van der Waals surface area contributed by atoms with Crippen molar-refractivity contribution in [2.24, 2.45) is 0 Å². The van der Waals surface area contributed by atoms with Crippen LogP contribution in [-0.4, -0.2) is 18.1 Å². The van der Waals surface area contributed by atoms with Crippen molar-refractivity contribution in [2.75, 3.05) is 18.1 Å². The van der Waals surface area contributed by atoms with Crippen LogP contribution in [0.3, 0.4) is 0 Å². The molecule has 0 aromatic carbocycles. The molecule has 0 aromatic rings. The summed E-state index contributed by atoms with van der Waals surface area (Å²) >= 11 is 3.23. The molecule has 0 spiro atoms. The second-order valence-electron chi connectivity index (χ2n) is 7.19. The molecule has 0 saturated heterocycles. The first-order valence-corrected chi connectivity index (χ1v) is 16.0. The molecule has 26 heavy (non-hydrogen) atoms. The van der Waals surface area contributed by atoms with Crippen molar-refractivity contribution in [3.63, 3.8) is 0 Å². The van der Waals surface area contributed by atoms with Crippen molar-refractivity contribution in [1.82, 2.24) is 0 Å². The van der Waals surface area contributed by atoms with Gasteiger partial charge >= 0.3 is 5.77 Å². The van der Waals surface area contributed by atoms with Gasteiger partial charge < -0.3 is 4.52 Å². The van der Waals surface area contributed by atoms with Crippen LogP contribution in [0.25, 0.3) is 0 Å². The van der Waals surface area contributed by atoms with Crippen molar-refractivity contribution in [3.8, 4) is 0 Å². The van der Waals surface area contributed by atoms with E-state index >= 15 is 0 Å². The van der Waals surface area contributed by atoms with Gasteiger partial charge in [0.2, 0.25) is 0 Å². The van der Waals surface area contributed by atoms with Gasteiger partial charge in [-0.3, -0.25) is 4.57 Å². The van der Waals surface area contributed by atoms with E-state index < -0.39 is 5.77 Å². The quantitative estimate of drug-likeness (QED) is 0.135. The van der Waals surface area contributed by atoms with Crippen LogP contribution in [0.1, 0.15) is 117 Å². The normalized spacial score (nSPS) is 12.0. The molecule has 5 heteroatoms. The average Bonchev–Trinajstić information content (AvgIpc) is 2.64. The third-order valence-electron chi connectivity index (χ3n) is 4.49. The highest BCUT2D eigenvalue weighted by molar-refractivity contribution is 8.89. The summed E-state index contributed by atoms with van der Waals surface area (Å²) in [7, 11) is 0. The Bertz CT molecular complexity index is 280. The van der Waals surface area contributed by atoms with Gasteiger partial charge in [-0.25, -0.2) is 0 Å². The van der Waals surface area contributed by atoms with Gasteiger partial charge in [0.25, 0.3) is 0 Å². The zero-order valence-corrected chi connectivity index (χ0v) is 20.3. The van der Waals surface area contributed by atoms with Crippen LogP contribution in [0, 0.1) is 0 Å². The lowest BCUT2D eigenvalue weighted by atomic mass is 10.2. The average molecular weight is 425 g/mol. The molecule has 0 aliphatic heterocycles. The molecule has 2 nitrogen and oxygen atoms in total. The largest absolute Gasteiger partial charge is 0.314 e. The molecule has 0 atom stereocenters. The maximum atomic E-state index is 13.2. The van der Waals surface area contributed by atoms with Crippen molar-refractivity contribution in [1.29, 1.82) is 0 Å². The fourth-order valence-corrected chi connectivity index (χ4v) is 9.69.